The lowest BCUT2D eigenvalue weighted by molar-refractivity contribution is 0.0953. The van der Waals surface area contributed by atoms with Crippen molar-refractivity contribution in [2.24, 2.45) is 0 Å². The minimum Gasteiger partial charge on any atom is -0.480 e. The Balaban J connectivity index is 1.61. The maximum atomic E-state index is 13.7. The number of unbranched alkanes of at least 4 members (excludes halogenated alkanes) is 4. The van der Waals surface area contributed by atoms with Gasteiger partial charge in [-0.2, -0.15) is 0 Å². The fraction of sp³-hybridized carbons (Fsp3) is 0.390. The van der Waals surface area contributed by atoms with Crippen molar-refractivity contribution in [3.8, 4) is 28.0 Å². The van der Waals surface area contributed by atoms with Crippen LogP contribution in [0.25, 0.3) is 22.3 Å². The molecule has 0 bridgehead atoms. The predicted molar refractivity (Wildman–Crippen MR) is 198 cm³/mol. The molecule has 1 N–H and O–H groups in total. The second kappa shape index (κ2) is 18.2. The van der Waals surface area contributed by atoms with Crippen LogP contribution in [0.3, 0.4) is 0 Å². The van der Waals surface area contributed by atoms with Gasteiger partial charge < -0.3 is 19.1 Å². The Morgan fingerprint density at radius 2 is 1.17 bits per heavy atom. The van der Waals surface area contributed by atoms with Crippen LogP contribution in [0.15, 0.2) is 78.9 Å². The van der Waals surface area contributed by atoms with E-state index in [1.807, 2.05) is 12.1 Å². The summed E-state index contributed by atoms with van der Waals surface area (Å²) in [5.74, 6) is 0.410. The summed E-state index contributed by atoms with van der Waals surface area (Å²) in [5.41, 5.74) is 9.65. The van der Waals surface area contributed by atoms with E-state index in [-0.39, 0.29) is 25.5 Å². The minimum absolute atomic E-state index is 0.129. The Morgan fingerprint density at radius 3 is 1.69 bits per heavy atom. The number of hydrogen-bond donors (Lipinski definition) is 1. The smallest absolute Gasteiger partial charge is 0.367 e. The summed E-state index contributed by atoms with van der Waals surface area (Å²) in [6.07, 6.45) is 6.37. The molecule has 0 saturated heterocycles. The lowest BCUT2D eigenvalue weighted by atomic mass is 9.91. The Hall–Kier alpha value is -3.70. The highest BCUT2D eigenvalue weighted by Gasteiger charge is 2.27. The Kier molecular flexibility index (Phi) is 14.1. The monoisotopic (exact) mass is 669 g/mol. The highest BCUT2D eigenvalue weighted by atomic mass is 31.2. The number of benzene rings is 4. The first-order valence-corrected chi connectivity index (χ1v) is 19.0. The van der Waals surface area contributed by atoms with Crippen molar-refractivity contribution in [1.29, 1.82) is 0 Å². The van der Waals surface area contributed by atoms with Gasteiger partial charge in [0, 0.05) is 23.2 Å². The van der Waals surface area contributed by atoms with E-state index < -0.39 is 7.60 Å². The van der Waals surface area contributed by atoms with Crippen LogP contribution in [-0.4, -0.2) is 32.0 Å². The van der Waals surface area contributed by atoms with Gasteiger partial charge in [0.05, 0.1) is 13.2 Å². The Labute approximate surface area is 287 Å². The largest absolute Gasteiger partial charge is 0.480 e. The summed E-state index contributed by atoms with van der Waals surface area (Å²) in [4.78, 5) is 13.7. The normalized spacial score (nSPS) is 11.5. The molecule has 0 atom stereocenters. The van der Waals surface area contributed by atoms with Gasteiger partial charge >= 0.3 is 7.60 Å². The molecular weight excluding hydrogens is 617 g/mol. The van der Waals surface area contributed by atoms with Crippen LogP contribution < -0.4 is 10.1 Å². The standard InChI is InChI=1S/C41H52NO5P/c1-7-46-48(44,47-8-2)29-45-40-38(35-23-30(3)21-31(4)24-35)27-37(28-39(40)36-25-32(5)22-33(6)26-36)41(43)42-20-16-11-9-10-13-17-34-18-14-12-15-19-34/h12,14-15,18-19,21-28H,7-11,13,16-17,20,29H2,1-6H3,(H,42,43). The van der Waals surface area contributed by atoms with Crippen LogP contribution in [0.5, 0.6) is 5.75 Å². The molecule has 0 unspecified atom stereocenters. The van der Waals surface area contributed by atoms with E-state index in [1.54, 1.807) is 13.8 Å². The highest BCUT2D eigenvalue weighted by molar-refractivity contribution is 7.53. The molecule has 0 aliphatic carbocycles. The van der Waals surface area contributed by atoms with Gasteiger partial charge in [0.25, 0.3) is 5.91 Å². The fourth-order valence-electron chi connectivity index (χ4n) is 6.19. The first-order chi connectivity index (χ1) is 23.1. The zero-order valence-corrected chi connectivity index (χ0v) is 30.5. The zero-order valence-electron chi connectivity index (χ0n) is 29.6. The Morgan fingerprint density at radius 1 is 0.667 bits per heavy atom. The summed E-state index contributed by atoms with van der Waals surface area (Å²) in [6.45, 7) is 12.9. The molecule has 1 amide bonds. The Bertz CT molecular complexity index is 1580. The number of carbonyl (C=O) groups is 1. The number of rotatable bonds is 18. The SMILES string of the molecule is CCOP(=O)(COc1c(-c2cc(C)cc(C)c2)cc(C(=O)NCCCCCCCc2ccccc2)cc1-c1cc(C)cc(C)c1)OCC. The molecule has 0 heterocycles. The van der Waals surface area contributed by atoms with Crippen molar-refractivity contribution in [2.45, 2.75) is 80.1 Å². The van der Waals surface area contributed by atoms with Gasteiger partial charge in [0.15, 0.2) is 6.35 Å². The zero-order chi connectivity index (χ0) is 34.5. The molecule has 48 heavy (non-hydrogen) atoms. The molecule has 4 aromatic rings. The van der Waals surface area contributed by atoms with E-state index >= 15 is 0 Å². The third-order valence-electron chi connectivity index (χ3n) is 8.21. The third kappa shape index (κ3) is 10.9. The van der Waals surface area contributed by atoms with Gasteiger partial charge in [-0.15, -0.1) is 0 Å². The molecule has 0 radical (unpaired) electrons. The number of hydrogen-bond acceptors (Lipinski definition) is 5. The minimum atomic E-state index is -3.52. The number of carbonyl (C=O) groups excluding carboxylic acids is 1. The highest BCUT2D eigenvalue weighted by Crippen LogP contribution is 2.50. The number of amides is 1. The number of nitrogens with one attached hydrogen (secondary N) is 1. The van der Waals surface area contributed by atoms with Crippen molar-refractivity contribution in [1.82, 2.24) is 5.32 Å². The van der Waals surface area contributed by atoms with Crippen LogP contribution in [0.2, 0.25) is 0 Å². The summed E-state index contributed by atoms with van der Waals surface area (Å²) >= 11 is 0. The third-order valence-corrected chi connectivity index (χ3v) is 9.95. The fourth-order valence-corrected chi connectivity index (χ4v) is 7.48. The van der Waals surface area contributed by atoms with Crippen molar-refractivity contribution in [3.63, 3.8) is 0 Å². The van der Waals surface area contributed by atoms with Crippen molar-refractivity contribution in [3.05, 3.63) is 112 Å². The van der Waals surface area contributed by atoms with Gasteiger partial charge in [-0.3, -0.25) is 9.36 Å². The number of aryl methyl sites for hydroxylation is 5. The average molecular weight is 670 g/mol. The van der Waals surface area contributed by atoms with Crippen LogP contribution in [0, 0.1) is 27.7 Å². The van der Waals surface area contributed by atoms with Crippen molar-refractivity contribution in [2.75, 3.05) is 26.1 Å². The second-order valence-corrected chi connectivity index (χ2v) is 14.6. The summed E-state index contributed by atoms with van der Waals surface area (Å²) in [6, 6.07) is 27.0. The molecular formula is C41H52NO5P. The molecule has 0 fully saturated rings. The molecule has 0 aliphatic heterocycles. The van der Waals surface area contributed by atoms with E-state index in [9.17, 15) is 9.36 Å². The number of ether oxygens (including phenoxy) is 1. The second-order valence-electron chi connectivity index (χ2n) is 12.6. The van der Waals surface area contributed by atoms with E-state index in [0.29, 0.717) is 17.9 Å². The maximum Gasteiger partial charge on any atom is 0.367 e. The van der Waals surface area contributed by atoms with E-state index in [4.69, 9.17) is 13.8 Å². The van der Waals surface area contributed by atoms with E-state index in [1.165, 1.54) is 18.4 Å². The molecule has 6 nitrogen and oxygen atoms in total. The van der Waals surface area contributed by atoms with Gasteiger partial charge in [-0.05, 0) is 89.6 Å². The summed E-state index contributed by atoms with van der Waals surface area (Å²) in [7, 11) is -3.52. The van der Waals surface area contributed by atoms with Crippen molar-refractivity contribution < 1.29 is 23.1 Å². The topological polar surface area (TPSA) is 73.9 Å². The van der Waals surface area contributed by atoms with Gasteiger partial charge in [-0.25, -0.2) is 0 Å². The van der Waals surface area contributed by atoms with E-state index in [0.717, 1.165) is 70.2 Å². The van der Waals surface area contributed by atoms with Crippen LogP contribution in [0.4, 0.5) is 0 Å². The maximum absolute atomic E-state index is 13.7. The van der Waals surface area contributed by atoms with Crippen molar-refractivity contribution >= 4 is 13.5 Å². The molecule has 4 rings (SSSR count). The van der Waals surface area contributed by atoms with Gasteiger partial charge in [-0.1, -0.05) is 108 Å². The van der Waals surface area contributed by atoms with Crippen LogP contribution >= 0.6 is 7.60 Å². The molecule has 0 spiro atoms. The van der Waals surface area contributed by atoms with E-state index in [2.05, 4.69) is 99.7 Å². The molecule has 0 saturated carbocycles. The molecule has 0 aliphatic rings. The van der Waals surface area contributed by atoms with Crippen LogP contribution in [-0.2, 0) is 20.0 Å². The lowest BCUT2D eigenvalue weighted by Crippen LogP contribution is -2.24. The van der Waals surface area contributed by atoms with Gasteiger partial charge in [0.1, 0.15) is 5.75 Å². The molecule has 4 aromatic carbocycles. The van der Waals surface area contributed by atoms with Crippen LogP contribution in [0.1, 0.15) is 84.1 Å². The quantitative estimate of drug-likeness (QED) is 0.0843. The first-order valence-electron chi connectivity index (χ1n) is 17.3. The first kappa shape index (κ1) is 37.1. The molecule has 7 heteroatoms. The molecule has 256 valence electrons. The summed E-state index contributed by atoms with van der Waals surface area (Å²) < 4.78 is 31.1. The summed E-state index contributed by atoms with van der Waals surface area (Å²) in [5, 5.41) is 3.16. The predicted octanol–water partition coefficient (Wildman–Crippen LogP) is 10.8. The van der Waals surface area contributed by atoms with Gasteiger partial charge in [0.2, 0.25) is 0 Å². The lowest BCUT2D eigenvalue weighted by Gasteiger charge is -2.22. The average Bonchev–Trinajstić information content (AvgIpc) is 3.04. The molecule has 0 aromatic heterocycles.